The zero-order valence-electron chi connectivity index (χ0n) is 9.65. The van der Waals surface area contributed by atoms with Crippen LogP contribution in [-0.2, 0) is 0 Å². The van der Waals surface area contributed by atoms with Crippen LogP contribution in [0.15, 0.2) is 20.4 Å². The van der Waals surface area contributed by atoms with Gasteiger partial charge in [0.2, 0.25) is 0 Å². The highest BCUT2D eigenvalue weighted by molar-refractivity contribution is 9.14. The van der Waals surface area contributed by atoms with E-state index >= 15 is 0 Å². The molecule has 82 valence electrons. The summed E-state index contributed by atoms with van der Waals surface area (Å²) in [5, 5.41) is 3.25. The third kappa shape index (κ3) is 4.67. The lowest BCUT2D eigenvalue weighted by Crippen LogP contribution is -2.22. The molecule has 0 aliphatic rings. The van der Waals surface area contributed by atoms with Crippen LogP contribution in [0.5, 0.6) is 0 Å². The van der Waals surface area contributed by atoms with Crippen molar-refractivity contribution < 1.29 is 0 Å². The molecular weight excluding hydrogens is 258 g/mol. The van der Waals surface area contributed by atoms with Crippen molar-refractivity contribution in [3.05, 3.63) is 20.4 Å². The Hall–Kier alpha value is 0.270. The topological polar surface area (TPSA) is 12.0 Å². The molecule has 0 aromatic rings. The molecule has 14 heavy (non-hydrogen) atoms. The van der Waals surface area contributed by atoms with Gasteiger partial charge >= 0.3 is 0 Å². The Morgan fingerprint density at radius 3 is 2.50 bits per heavy atom. The maximum absolute atomic E-state index is 3.62. The molecular formula is C11H20BrNS. The van der Waals surface area contributed by atoms with Crippen molar-refractivity contribution in [3.8, 4) is 0 Å². The van der Waals surface area contributed by atoms with Crippen molar-refractivity contribution in [2.75, 3.05) is 7.05 Å². The molecule has 0 rings (SSSR count). The first-order chi connectivity index (χ1) is 6.56. The van der Waals surface area contributed by atoms with Crippen molar-refractivity contribution >= 4 is 27.7 Å². The summed E-state index contributed by atoms with van der Waals surface area (Å²) in [7, 11) is 1.99. The van der Waals surface area contributed by atoms with Gasteiger partial charge in [-0.05, 0) is 50.2 Å². The fourth-order valence-electron chi connectivity index (χ4n) is 0.869. The molecule has 0 aromatic carbocycles. The van der Waals surface area contributed by atoms with Gasteiger partial charge in [-0.15, -0.1) is 0 Å². The Morgan fingerprint density at radius 2 is 2.14 bits per heavy atom. The molecule has 0 heterocycles. The molecule has 0 aromatic heterocycles. The molecule has 1 unspecified atom stereocenters. The lowest BCUT2D eigenvalue weighted by atomic mass is 10.3. The van der Waals surface area contributed by atoms with Gasteiger partial charge in [-0.3, -0.25) is 0 Å². The molecule has 0 radical (unpaired) electrons. The second-order valence-corrected chi connectivity index (χ2v) is 5.61. The van der Waals surface area contributed by atoms with Crippen LogP contribution in [0.25, 0.3) is 0 Å². The molecule has 1 N–H and O–H groups in total. The van der Waals surface area contributed by atoms with Gasteiger partial charge in [-0.25, -0.2) is 0 Å². The Labute approximate surface area is 101 Å². The van der Waals surface area contributed by atoms with E-state index in [0.717, 1.165) is 6.42 Å². The van der Waals surface area contributed by atoms with Gasteiger partial charge in [-0.2, -0.15) is 0 Å². The summed E-state index contributed by atoms with van der Waals surface area (Å²) in [6.07, 6.45) is 3.26. The van der Waals surface area contributed by atoms with Crippen LogP contribution in [0.4, 0.5) is 0 Å². The monoisotopic (exact) mass is 277 g/mol. The van der Waals surface area contributed by atoms with E-state index in [4.69, 9.17) is 0 Å². The summed E-state index contributed by atoms with van der Waals surface area (Å²) in [5.74, 6) is 0. The van der Waals surface area contributed by atoms with Crippen LogP contribution in [0, 0.1) is 0 Å². The molecule has 0 saturated carbocycles. The predicted octanol–water partition coefficient (Wildman–Crippen LogP) is 4.27. The van der Waals surface area contributed by atoms with Crippen molar-refractivity contribution in [3.63, 3.8) is 0 Å². The van der Waals surface area contributed by atoms with Gasteiger partial charge in [0.25, 0.3) is 0 Å². The summed E-state index contributed by atoms with van der Waals surface area (Å²) in [6, 6.07) is 0.419. The molecule has 0 spiro atoms. The summed E-state index contributed by atoms with van der Waals surface area (Å²) >= 11 is 5.42. The van der Waals surface area contributed by atoms with E-state index in [9.17, 15) is 0 Å². The number of thioether (sulfide) groups is 1. The van der Waals surface area contributed by atoms with Gasteiger partial charge in [0.1, 0.15) is 0 Å². The Balaban J connectivity index is 4.49. The largest absolute Gasteiger partial charge is 0.313 e. The standard InChI is InChI=1S/C11H20BrNS/c1-6-8(3)11(12)14-10(7-2)9(4)13-5/h7,9,13H,6H2,1-5H3/b10-7-,11-8?. The minimum Gasteiger partial charge on any atom is -0.313 e. The van der Waals surface area contributed by atoms with Crippen LogP contribution in [0.2, 0.25) is 0 Å². The van der Waals surface area contributed by atoms with Crippen molar-refractivity contribution in [2.45, 2.75) is 40.2 Å². The molecule has 0 amide bonds. The molecule has 1 atom stereocenters. The first-order valence-electron chi connectivity index (χ1n) is 4.93. The number of hydrogen-bond donors (Lipinski definition) is 1. The Bertz CT molecular complexity index is 233. The normalized spacial score (nSPS) is 16.6. The average molecular weight is 278 g/mol. The fourth-order valence-corrected chi connectivity index (χ4v) is 2.65. The lowest BCUT2D eigenvalue weighted by Gasteiger charge is -2.14. The number of hydrogen-bond acceptors (Lipinski definition) is 2. The van der Waals surface area contributed by atoms with Crippen LogP contribution < -0.4 is 5.32 Å². The van der Waals surface area contributed by atoms with Crippen molar-refractivity contribution in [1.29, 1.82) is 0 Å². The zero-order valence-corrected chi connectivity index (χ0v) is 12.1. The second-order valence-electron chi connectivity index (χ2n) is 3.21. The molecule has 3 heteroatoms. The van der Waals surface area contributed by atoms with Gasteiger partial charge in [-0.1, -0.05) is 30.3 Å². The third-order valence-corrected chi connectivity index (χ3v) is 4.73. The fraction of sp³-hybridized carbons (Fsp3) is 0.636. The summed E-state index contributed by atoms with van der Waals surface area (Å²) < 4.78 is 1.25. The van der Waals surface area contributed by atoms with Gasteiger partial charge in [0.05, 0.1) is 3.81 Å². The average Bonchev–Trinajstić information content (AvgIpc) is 2.22. The number of halogens is 1. The van der Waals surface area contributed by atoms with E-state index in [1.165, 1.54) is 14.3 Å². The van der Waals surface area contributed by atoms with E-state index < -0.39 is 0 Å². The third-order valence-electron chi connectivity index (χ3n) is 2.22. The summed E-state index contributed by atoms with van der Waals surface area (Å²) in [5.41, 5.74) is 1.40. The second kappa shape index (κ2) is 7.55. The maximum Gasteiger partial charge on any atom is 0.0537 e. The van der Waals surface area contributed by atoms with E-state index in [0.29, 0.717) is 6.04 Å². The van der Waals surface area contributed by atoms with Crippen LogP contribution in [0.1, 0.15) is 34.1 Å². The van der Waals surface area contributed by atoms with Crippen LogP contribution in [-0.4, -0.2) is 13.1 Å². The number of allylic oxidation sites excluding steroid dienone is 2. The van der Waals surface area contributed by atoms with E-state index in [1.54, 1.807) is 11.8 Å². The van der Waals surface area contributed by atoms with Crippen molar-refractivity contribution in [1.82, 2.24) is 5.32 Å². The molecule has 1 nitrogen and oxygen atoms in total. The highest BCUT2D eigenvalue weighted by Crippen LogP contribution is 2.34. The first-order valence-corrected chi connectivity index (χ1v) is 6.54. The van der Waals surface area contributed by atoms with E-state index in [1.807, 2.05) is 7.05 Å². The predicted molar refractivity (Wildman–Crippen MR) is 71.8 cm³/mol. The highest BCUT2D eigenvalue weighted by Gasteiger charge is 2.08. The van der Waals surface area contributed by atoms with Crippen molar-refractivity contribution in [2.24, 2.45) is 0 Å². The molecule has 0 saturated heterocycles. The Morgan fingerprint density at radius 1 is 1.57 bits per heavy atom. The Kier molecular flexibility index (Phi) is 7.69. The maximum atomic E-state index is 3.62. The number of likely N-dealkylation sites (N-methyl/N-ethyl adjacent to an activating group) is 1. The van der Waals surface area contributed by atoms with Gasteiger partial charge in [0, 0.05) is 10.9 Å². The van der Waals surface area contributed by atoms with E-state index in [-0.39, 0.29) is 0 Å². The summed E-state index contributed by atoms with van der Waals surface area (Å²) in [4.78, 5) is 1.35. The lowest BCUT2D eigenvalue weighted by molar-refractivity contribution is 0.719. The number of nitrogens with one attached hydrogen (secondary N) is 1. The van der Waals surface area contributed by atoms with Gasteiger partial charge in [0.15, 0.2) is 0 Å². The first kappa shape index (κ1) is 14.3. The summed E-state index contributed by atoms with van der Waals surface area (Å²) in [6.45, 7) is 8.59. The highest BCUT2D eigenvalue weighted by atomic mass is 79.9. The quantitative estimate of drug-likeness (QED) is 0.806. The zero-order chi connectivity index (χ0) is 11.1. The smallest absolute Gasteiger partial charge is 0.0537 e. The van der Waals surface area contributed by atoms with Crippen LogP contribution in [0.3, 0.4) is 0 Å². The SMILES string of the molecule is C/C=C(\SC(Br)=C(C)CC)C(C)NC. The van der Waals surface area contributed by atoms with Gasteiger partial charge < -0.3 is 5.32 Å². The molecule has 0 aliphatic heterocycles. The number of rotatable bonds is 5. The minimum atomic E-state index is 0.419. The molecule has 0 aliphatic carbocycles. The molecule has 0 fully saturated rings. The minimum absolute atomic E-state index is 0.419. The molecule has 0 bridgehead atoms. The van der Waals surface area contributed by atoms with Crippen LogP contribution >= 0.6 is 27.7 Å². The van der Waals surface area contributed by atoms with E-state index in [2.05, 4.69) is 55.0 Å².